The third kappa shape index (κ3) is 3.77. The fourth-order valence-corrected chi connectivity index (χ4v) is 3.19. The van der Waals surface area contributed by atoms with Crippen molar-refractivity contribution in [2.45, 2.75) is 6.92 Å². The lowest BCUT2D eigenvalue weighted by atomic mass is 10.1. The highest BCUT2D eigenvalue weighted by molar-refractivity contribution is 8.18. The van der Waals surface area contributed by atoms with Gasteiger partial charge in [0.1, 0.15) is 0 Å². The zero-order valence-corrected chi connectivity index (χ0v) is 14.4. The maximum Gasteiger partial charge on any atom is 0.335 e. The van der Waals surface area contributed by atoms with E-state index in [-0.39, 0.29) is 11.5 Å². The molecule has 6 nitrogen and oxygen atoms in total. The van der Waals surface area contributed by atoms with Gasteiger partial charge in [-0.2, -0.15) is 0 Å². The third-order valence-electron chi connectivity index (χ3n) is 3.54. The second-order valence-corrected chi connectivity index (χ2v) is 6.44. The third-order valence-corrected chi connectivity index (χ3v) is 4.60. The number of aromatic nitrogens is 1. The Balaban J connectivity index is 1.86. The maximum absolute atomic E-state index is 12.4. The number of aromatic carboxylic acids is 1. The second-order valence-electron chi connectivity index (χ2n) is 5.43. The van der Waals surface area contributed by atoms with Crippen LogP contribution in [0.25, 0.3) is 6.08 Å². The fourth-order valence-electron chi connectivity index (χ4n) is 2.21. The molecule has 2 aromatic rings. The number of carbonyl (C=O) groups is 2. The van der Waals surface area contributed by atoms with Gasteiger partial charge in [0.2, 0.25) is 0 Å². The summed E-state index contributed by atoms with van der Waals surface area (Å²) in [5, 5.41) is 9.48. The molecule has 1 saturated heterocycles. The van der Waals surface area contributed by atoms with E-state index in [2.05, 4.69) is 9.98 Å². The highest BCUT2D eigenvalue weighted by Crippen LogP contribution is 2.32. The summed E-state index contributed by atoms with van der Waals surface area (Å²) in [4.78, 5) is 34.0. The molecule has 1 fully saturated rings. The lowest BCUT2D eigenvalue weighted by Gasteiger charge is -2.06. The van der Waals surface area contributed by atoms with E-state index in [0.717, 1.165) is 11.3 Å². The molecule has 0 unspecified atom stereocenters. The lowest BCUT2D eigenvalue weighted by molar-refractivity contribution is -0.121. The number of aliphatic imine (C=N–C) groups is 1. The number of hydrogen-bond acceptors (Lipinski definition) is 5. The van der Waals surface area contributed by atoms with E-state index in [9.17, 15) is 9.59 Å². The van der Waals surface area contributed by atoms with Gasteiger partial charge in [-0.15, -0.1) is 0 Å². The molecule has 1 aliphatic rings. The molecule has 1 aromatic carbocycles. The fraction of sp³-hybridized carbons (Fsp3) is 0.111. The zero-order chi connectivity index (χ0) is 18.0. The molecule has 0 atom stereocenters. The Morgan fingerprint density at radius 2 is 1.96 bits per heavy atom. The van der Waals surface area contributed by atoms with Crippen molar-refractivity contribution < 1.29 is 14.7 Å². The van der Waals surface area contributed by atoms with Crippen molar-refractivity contribution in [1.29, 1.82) is 0 Å². The maximum atomic E-state index is 12.4. The van der Waals surface area contributed by atoms with Gasteiger partial charge in [0.05, 0.1) is 10.5 Å². The number of carbonyl (C=O) groups excluding carboxylic acids is 1. The summed E-state index contributed by atoms with van der Waals surface area (Å²) in [5.74, 6) is -0.585. The Hall–Kier alpha value is -2.93. The van der Waals surface area contributed by atoms with Crippen molar-refractivity contribution in [1.82, 2.24) is 9.88 Å². The summed E-state index contributed by atoms with van der Waals surface area (Å²) >= 11 is 1.26. The summed E-state index contributed by atoms with van der Waals surface area (Å²) in [6.45, 7) is 1.88. The minimum absolute atomic E-state index is 0.154. The standard InChI is InChI=1S/C18H15N3O3S/c1-11-4-3-5-15(19-11)20-18-21(2)16(22)14(25-18)10-12-6-8-13(9-7-12)17(23)24/h3-10H,1-2H3,(H,23,24). The number of nitrogens with zero attached hydrogens (tertiary/aromatic N) is 3. The summed E-state index contributed by atoms with van der Waals surface area (Å²) in [6.07, 6.45) is 1.72. The Labute approximate surface area is 148 Å². The Bertz CT molecular complexity index is 904. The normalized spacial score (nSPS) is 17.5. The average molecular weight is 353 g/mol. The van der Waals surface area contributed by atoms with Gasteiger partial charge < -0.3 is 5.11 Å². The number of aryl methyl sites for hydroxylation is 1. The number of carboxylic acids is 1. The Kier molecular flexibility index (Phi) is 4.67. The van der Waals surface area contributed by atoms with Gasteiger partial charge in [-0.1, -0.05) is 18.2 Å². The molecule has 1 N–H and O–H groups in total. The Morgan fingerprint density at radius 3 is 2.60 bits per heavy atom. The predicted molar refractivity (Wildman–Crippen MR) is 97.8 cm³/mol. The van der Waals surface area contributed by atoms with Crippen LogP contribution in [0.2, 0.25) is 0 Å². The van der Waals surface area contributed by atoms with Crippen LogP contribution in [0.3, 0.4) is 0 Å². The molecule has 1 aromatic heterocycles. The first-order valence-electron chi connectivity index (χ1n) is 7.47. The van der Waals surface area contributed by atoms with Crippen LogP contribution in [0.15, 0.2) is 52.4 Å². The monoisotopic (exact) mass is 353 g/mol. The molecule has 0 bridgehead atoms. The summed E-state index contributed by atoms with van der Waals surface area (Å²) in [6, 6.07) is 11.9. The zero-order valence-electron chi connectivity index (χ0n) is 13.6. The predicted octanol–water partition coefficient (Wildman–Crippen LogP) is 3.32. The lowest BCUT2D eigenvalue weighted by Crippen LogP contribution is -2.23. The molecule has 0 spiro atoms. The number of rotatable bonds is 3. The summed E-state index contributed by atoms with van der Waals surface area (Å²) in [5.41, 5.74) is 1.81. The first kappa shape index (κ1) is 16.9. The number of hydrogen-bond donors (Lipinski definition) is 1. The molecule has 1 amide bonds. The number of carboxylic acid groups (broad SMARTS) is 1. The molecular weight excluding hydrogens is 338 g/mol. The topological polar surface area (TPSA) is 82.9 Å². The van der Waals surface area contributed by atoms with Crippen LogP contribution in [0.5, 0.6) is 0 Å². The molecule has 0 radical (unpaired) electrons. The molecule has 126 valence electrons. The molecule has 0 saturated carbocycles. The van der Waals surface area contributed by atoms with E-state index < -0.39 is 5.97 Å². The van der Waals surface area contributed by atoms with Crippen LogP contribution in [-0.2, 0) is 4.79 Å². The molecule has 0 aliphatic carbocycles. The van der Waals surface area contributed by atoms with E-state index in [0.29, 0.717) is 15.9 Å². The summed E-state index contributed by atoms with van der Waals surface area (Å²) in [7, 11) is 1.67. The van der Waals surface area contributed by atoms with Crippen LogP contribution in [0, 0.1) is 6.92 Å². The van der Waals surface area contributed by atoms with Gasteiger partial charge in [-0.25, -0.2) is 14.8 Å². The van der Waals surface area contributed by atoms with Crippen molar-refractivity contribution in [2.75, 3.05) is 7.05 Å². The van der Waals surface area contributed by atoms with E-state index in [1.165, 1.54) is 28.8 Å². The van der Waals surface area contributed by atoms with Gasteiger partial charge in [-0.3, -0.25) is 9.69 Å². The molecule has 2 heterocycles. The largest absolute Gasteiger partial charge is 0.478 e. The minimum Gasteiger partial charge on any atom is -0.478 e. The van der Waals surface area contributed by atoms with Crippen LogP contribution in [0.1, 0.15) is 21.6 Å². The van der Waals surface area contributed by atoms with Gasteiger partial charge in [0.15, 0.2) is 11.0 Å². The molecule has 7 heteroatoms. The van der Waals surface area contributed by atoms with E-state index in [1.807, 2.05) is 19.1 Å². The van der Waals surface area contributed by atoms with E-state index in [4.69, 9.17) is 5.11 Å². The molecule has 1 aliphatic heterocycles. The first-order valence-corrected chi connectivity index (χ1v) is 8.29. The first-order chi connectivity index (χ1) is 11.9. The van der Waals surface area contributed by atoms with Gasteiger partial charge >= 0.3 is 5.97 Å². The molecule has 25 heavy (non-hydrogen) atoms. The number of amides is 1. The quantitative estimate of drug-likeness (QED) is 0.856. The SMILES string of the molecule is Cc1cccc(N=C2SC(=Cc3ccc(C(=O)O)cc3)C(=O)N2C)n1. The van der Waals surface area contributed by atoms with Crippen molar-refractivity contribution in [3.63, 3.8) is 0 Å². The van der Waals surface area contributed by atoms with Crippen LogP contribution in [0.4, 0.5) is 5.82 Å². The van der Waals surface area contributed by atoms with E-state index in [1.54, 1.807) is 31.3 Å². The number of benzene rings is 1. The van der Waals surface area contributed by atoms with Crippen LogP contribution < -0.4 is 0 Å². The molecular formula is C18H15N3O3S. The summed E-state index contributed by atoms with van der Waals surface area (Å²) < 4.78 is 0. The van der Waals surface area contributed by atoms with Crippen LogP contribution >= 0.6 is 11.8 Å². The van der Waals surface area contributed by atoms with E-state index >= 15 is 0 Å². The van der Waals surface area contributed by atoms with Gasteiger partial charge in [0, 0.05) is 12.7 Å². The van der Waals surface area contributed by atoms with Gasteiger partial charge in [-0.05, 0) is 54.6 Å². The van der Waals surface area contributed by atoms with Crippen molar-refractivity contribution in [3.8, 4) is 0 Å². The highest BCUT2D eigenvalue weighted by atomic mass is 32.2. The number of amidine groups is 1. The molecule has 3 rings (SSSR count). The van der Waals surface area contributed by atoms with Crippen molar-refractivity contribution in [3.05, 3.63) is 64.2 Å². The van der Waals surface area contributed by atoms with Crippen LogP contribution in [-0.4, -0.2) is 39.1 Å². The Morgan fingerprint density at radius 1 is 1.24 bits per heavy atom. The minimum atomic E-state index is -0.981. The van der Waals surface area contributed by atoms with Crippen molar-refractivity contribution >= 4 is 40.7 Å². The van der Waals surface area contributed by atoms with Gasteiger partial charge in [0.25, 0.3) is 5.91 Å². The highest BCUT2D eigenvalue weighted by Gasteiger charge is 2.30. The second kappa shape index (κ2) is 6.90. The number of likely N-dealkylation sites (N-methyl/N-ethyl adjacent to an activating group) is 1. The van der Waals surface area contributed by atoms with Crippen molar-refractivity contribution in [2.24, 2.45) is 4.99 Å². The smallest absolute Gasteiger partial charge is 0.335 e. The number of thioether (sulfide) groups is 1. The average Bonchev–Trinajstić information content (AvgIpc) is 2.83. The number of pyridine rings is 1.